The van der Waals surface area contributed by atoms with Crippen LogP contribution in [-0.2, 0) is 9.53 Å². The molecule has 21 heavy (non-hydrogen) atoms. The molecule has 0 aromatic heterocycles. The highest BCUT2D eigenvalue weighted by atomic mass is 16.5. The molecule has 124 valence electrons. The zero-order chi connectivity index (χ0) is 16.3. The second-order valence-electron chi connectivity index (χ2n) is 7.46. The maximum absolute atomic E-state index is 11.5. The van der Waals surface area contributed by atoms with Crippen molar-refractivity contribution >= 4 is 5.97 Å². The van der Waals surface area contributed by atoms with Gasteiger partial charge in [0, 0.05) is 19.1 Å². The molecule has 0 aromatic rings. The largest absolute Gasteiger partial charge is 0.480 e. The number of hydrogen-bond acceptors (Lipinski definition) is 4. The first-order valence-electron chi connectivity index (χ1n) is 7.95. The SMILES string of the molecule is CC(C)NC(C)(CCCN1CC(C)OC(C)(C)C1)C(=O)O. The molecule has 0 amide bonds. The van der Waals surface area contributed by atoms with Gasteiger partial charge >= 0.3 is 5.97 Å². The average Bonchev–Trinajstić information content (AvgIpc) is 2.24. The predicted octanol–water partition coefficient (Wildman–Crippen LogP) is 2.11. The van der Waals surface area contributed by atoms with E-state index in [1.165, 1.54) is 0 Å². The lowest BCUT2D eigenvalue weighted by Gasteiger charge is -2.42. The van der Waals surface area contributed by atoms with Crippen molar-refractivity contribution in [1.29, 1.82) is 0 Å². The first-order chi connectivity index (χ1) is 9.54. The maximum Gasteiger partial charge on any atom is 0.323 e. The van der Waals surface area contributed by atoms with Gasteiger partial charge in [-0.3, -0.25) is 15.0 Å². The standard InChI is InChI=1S/C16H32N2O3/c1-12(2)17-16(6,14(19)20)8-7-9-18-10-13(3)21-15(4,5)11-18/h12-13,17H,7-11H2,1-6H3,(H,19,20). The highest BCUT2D eigenvalue weighted by Gasteiger charge is 2.34. The zero-order valence-electron chi connectivity index (χ0n) is 14.4. The van der Waals surface area contributed by atoms with Crippen LogP contribution in [0.25, 0.3) is 0 Å². The Labute approximate surface area is 129 Å². The van der Waals surface area contributed by atoms with Crippen LogP contribution in [0, 0.1) is 0 Å². The molecule has 1 aliphatic heterocycles. The molecule has 0 aliphatic carbocycles. The van der Waals surface area contributed by atoms with Crippen molar-refractivity contribution in [3.63, 3.8) is 0 Å². The summed E-state index contributed by atoms with van der Waals surface area (Å²) in [6, 6.07) is 0.161. The zero-order valence-corrected chi connectivity index (χ0v) is 14.4. The van der Waals surface area contributed by atoms with Crippen molar-refractivity contribution in [2.45, 2.75) is 77.7 Å². The highest BCUT2D eigenvalue weighted by Crippen LogP contribution is 2.22. The molecule has 0 spiro atoms. The summed E-state index contributed by atoms with van der Waals surface area (Å²) >= 11 is 0. The molecule has 0 bridgehead atoms. The predicted molar refractivity (Wildman–Crippen MR) is 84.6 cm³/mol. The molecule has 2 atom stereocenters. The van der Waals surface area contributed by atoms with Gasteiger partial charge in [-0.2, -0.15) is 0 Å². The van der Waals surface area contributed by atoms with Gasteiger partial charge in [0.25, 0.3) is 0 Å². The van der Waals surface area contributed by atoms with E-state index in [1.807, 2.05) is 13.8 Å². The number of carbonyl (C=O) groups is 1. The van der Waals surface area contributed by atoms with Crippen LogP contribution in [0.1, 0.15) is 54.4 Å². The third-order valence-corrected chi connectivity index (χ3v) is 3.87. The number of hydrogen-bond donors (Lipinski definition) is 2. The Hall–Kier alpha value is -0.650. The lowest BCUT2D eigenvalue weighted by atomic mass is 9.94. The summed E-state index contributed by atoms with van der Waals surface area (Å²) in [5.41, 5.74) is -0.967. The lowest BCUT2D eigenvalue weighted by Crippen LogP contribution is -2.54. The fraction of sp³-hybridized carbons (Fsp3) is 0.938. The minimum Gasteiger partial charge on any atom is -0.480 e. The Morgan fingerprint density at radius 2 is 2.14 bits per heavy atom. The maximum atomic E-state index is 11.5. The van der Waals surface area contributed by atoms with Crippen molar-refractivity contribution in [1.82, 2.24) is 10.2 Å². The van der Waals surface area contributed by atoms with E-state index in [4.69, 9.17) is 4.74 Å². The van der Waals surface area contributed by atoms with Crippen molar-refractivity contribution in [3.8, 4) is 0 Å². The van der Waals surface area contributed by atoms with Crippen LogP contribution in [0.3, 0.4) is 0 Å². The molecular formula is C16H32N2O3. The van der Waals surface area contributed by atoms with Gasteiger partial charge in [0.1, 0.15) is 5.54 Å². The van der Waals surface area contributed by atoms with E-state index in [2.05, 4.69) is 31.0 Å². The molecule has 0 radical (unpaired) electrons. The van der Waals surface area contributed by atoms with Crippen LogP contribution < -0.4 is 5.32 Å². The molecule has 2 N–H and O–H groups in total. The molecule has 5 heteroatoms. The van der Waals surface area contributed by atoms with Crippen LogP contribution in [0.4, 0.5) is 0 Å². The second kappa shape index (κ2) is 7.07. The van der Waals surface area contributed by atoms with E-state index in [-0.39, 0.29) is 17.7 Å². The van der Waals surface area contributed by atoms with Gasteiger partial charge < -0.3 is 9.84 Å². The van der Waals surface area contributed by atoms with E-state index in [9.17, 15) is 9.90 Å². The molecule has 1 fully saturated rings. The second-order valence-corrected chi connectivity index (χ2v) is 7.46. The van der Waals surface area contributed by atoms with Crippen LogP contribution in [0.2, 0.25) is 0 Å². The Kier molecular flexibility index (Phi) is 6.20. The van der Waals surface area contributed by atoms with E-state index in [0.717, 1.165) is 26.1 Å². The van der Waals surface area contributed by atoms with Crippen LogP contribution in [0.5, 0.6) is 0 Å². The summed E-state index contributed by atoms with van der Waals surface area (Å²) in [6.07, 6.45) is 1.73. The number of carboxylic acid groups (broad SMARTS) is 1. The topological polar surface area (TPSA) is 61.8 Å². The fourth-order valence-corrected chi connectivity index (χ4v) is 3.29. The van der Waals surface area contributed by atoms with E-state index in [0.29, 0.717) is 6.42 Å². The van der Waals surface area contributed by atoms with Gasteiger partial charge in [0.15, 0.2) is 0 Å². The molecular weight excluding hydrogens is 268 g/mol. The summed E-state index contributed by atoms with van der Waals surface area (Å²) in [5.74, 6) is -0.771. The van der Waals surface area contributed by atoms with Crippen LogP contribution in [-0.4, -0.2) is 58.9 Å². The molecule has 0 aromatic carbocycles. The van der Waals surface area contributed by atoms with Crippen molar-refractivity contribution in [3.05, 3.63) is 0 Å². The van der Waals surface area contributed by atoms with Crippen molar-refractivity contribution in [2.24, 2.45) is 0 Å². The molecule has 1 saturated heterocycles. The Morgan fingerprint density at radius 3 is 2.62 bits per heavy atom. The summed E-state index contributed by atoms with van der Waals surface area (Å²) in [6.45, 7) is 14.8. The van der Waals surface area contributed by atoms with E-state index in [1.54, 1.807) is 6.92 Å². The van der Waals surface area contributed by atoms with Gasteiger partial charge in [0.2, 0.25) is 0 Å². The smallest absolute Gasteiger partial charge is 0.323 e. The number of carboxylic acids is 1. The van der Waals surface area contributed by atoms with Gasteiger partial charge in [-0.05, 0) is 60.9 Å². The summed E-state index contributed by atoms with van der Waals surface area (Å²) in [7, 11) is 0. The summed E-state index contributed by atoms with van der Waals surface area (Å²) < 4.78 is 5.89. The van der Waals surface area contributed by atoms with E-state index >= 15 is 0 Å². The Morgan fingerprint density at radius 1 is 1.52 bits per heavy atom. The Bertz CT molecular complexity index is 357. The third kappa shape index (κ3) is 5.93. The molecule has 1 heterocycles. The number of nitrogens with one attached hydrogen (secondary N) is 1. The molecule has 5 nitrogen and oxygen atoms in total. The minimum absolute atomic E-state index is 0.121. The van der Waals surface area contributed by atoms with Gasteiger partial charge in [-0.15, -0.1) is 0 Å². The van der Waals surface area contributed by atoms with Gasteiger partial charge in [-0.25, -0.2) is 0 Å². The number of morpholine rings is 1. The van der Waals surface area contributed by atoms with Crippen LogP contribution >= 0.6 is 0 Å². The lowest BCUT2D eigenvalue weighted by molar-refractivity contribution is -0.145. The quantitative estimate of drug-likeness (QED) is 0.754. The molecule has 1 aliphatic rings. The minimum atomic E-state index is -0.846. The normalized spacial score (nSPS) is 25.8. The molecule has 1 rings (SSSR count). The Balaban J connectivity index is 2.49. The average molecular weight is 300 g/mol. The third-order valence-electron chi connectivity index (χ3n) is 3.87. The first kappa shape index (κ1) is 18.4. The van der Waals surface area contributed by atoms with Crippen LogP contribution in [0.15, 0.2) is 0 Å². The van der Waals surface area contributed by atoms with Gasteiger partial charge in [0.05, 0.1) is 11.7 Å². The van der Waals surface area contributed by atoms with Crippen molar-refractivity contribution in [2.75, 3.05) is 19.6 Å². The first-order valence-corrected chi connectivity index (χ1v) is 7.95. The summed E-state index contributed by atoms with van der Waals surface area (Å²) in [5, 5.41) is 12.6. The number of rotatable bonds is 7. The number of aliphatic carboxylic acids is 1. The fourth-order valence-electron chi connectivity index (χ4n) is 3.29. The number of ether oxygens (including phenoxy) is 1. The van der Waals surface area contributed by atoms with Crippen molar-refractivity contribution < 1.29 is 14.6 Å². The van der Waals surface area contributed by atoms with E-state index < -0.39 is 11.5 Å². The number of nitrogens with zero attached hydrogens (tertiary/aromatic N) is 1. The molecule has 2 unspecified atom stereocenters. The van der Waals surface area contributed by atoms with Gasteiger partial charge in [-0.1, -0.05) is 0 Å². The molecule has 0 saturated carbocycles. The summed E-state index contributed by atoms with van der Waals surface area (Å²) in [4.78, 5) is 13.9. The highest BCUT2D eigenvalue weighted by molar-refractivity contribution is 5.78. The monoisotopic (exact) mass is 300 g/mol.